The number of hydrogen-bond donors (Lipinski definition) is 2. The third-order valence-corrected chi connectivity index (χ3v) is 2.75. The van der Waals surface area contributed by atoms with Crippen LogP contribution in [0.5, 0.6) is 0 Å². The van der Waals surface area contributed by atoms with Gasteiger partial charge in [-0.2, -0.15) is 0 Å². The van der Waals surface area contributed by atoms with Crippen molar-refractivity contribution >= 4 is 23.9 Å². The number of carboxylic acids is 4. The molecule has 0 aliphatic carbocycles. The van der Waals surface area contributed by atoms with Crippen molar-refractivity contribution in [2.45, 2.75) is 0 Å². The zero-order valence-electron chi connectivity index (χ0n) is 14.0. The summed E-state index contributed by atoms with van der Waals surface area (Å²) in [4.78, 5) is 41.6. The topological polar surface area (TPSA) is 155 Å². The molecule has 0 fully saturated rings. The summed E-state index contributed by atoms with van der Waals surface area (Å²) >= 11 is 0. The maximum Gasteiger partial charge on any atom is 1.00 e. The summed E-state index contributed by atoms with van der Waals surface area (Å²) in [6.07, 6.45) is 0. The van der Waals surface area contributed by atoms with Crippen molar-refractivity contribution in [2.24, 2.45) is 0 Å². The number of aromatic carboxylic acids is 4. The fourth-order valence-electron chi connectivity index (χ4n) is 1.70. The molecule has 10 heteroatoms. The molecule has 26 heavy (non-hydrogen) atoms. The Morgan fingerprint density at radius 3 is 1.00 bits per heavy atom. The number of hydrogen-bond acceptors (Lipinski definition) is 6. The monoisotopic (exact) mass is 376 g/mol. The average molecular weight is 376 g/mol. The van der Waals surface area contributed by atoms with E-state index in [0.29, 0.717) is 0 Å². The first-order valence-corrected chi connectivity index (χ1v) is 6.33. The minimum Gasteiger partial charge on any atom is -0.545 e. The van der Waals surface area contributed by atoms with E-state index in [1.165, 1.54) is 36.4 Å². The summed E-state index contributed by atoms with van der Waals surface area (Å²) in [5.41, 5.74) is -1.11. The van der Waals surface area contributed by atoms with Crippen LogP contribution in [0.1, 0.15) is 41.4 Å². The van der Waals surface area contributed by atoms with Gasteiger partial charge >= 0.3 is 71.1 Å². The number of benzene rings is 2. The van der Waals surface area contributed by atoms with E-state index in [2.05, 4.69) is 0 Å². The van der Waals surface area contributed by atoms with Gasteiger partial charge in [-0.1, -0.05) is 36.4 Å². The van der Waals surface area contributed by atoms with Gasteiger partial charge in [-0.05, 0) is 12.1 Å². The number of carboxylic acid groups (broad SMARTS) is 4. The van der Waals surface area contributed by atoms with Gasteiger partial charge in [-0.3, -0.25) is 0 Å². The van der Waals surface area contributed by atoms with Crippen molar-refractivity contribution in [2.75, 3.05) is 0 Å². The van der Waals surface area contributed by atoms with Gasteiger partial charge in [0.05, 0.1) is 23.1 Å². The molecule has 0 saturated heterocycles. The molecular formula is C16H10Na2O8. The largest absolute Gasteiger partial charge is 1.00 e. The molecule has 0 spiro atoms. The van der Waals surface area contributed by atoms with Gasteiger partial charge in [0.2, 0.25) is 0 Å². The van der Waals surface area contributed by atoms with Gasteiger partial charge in [0.25, 0.3) is 0 Å². The van der Waals surface area contributed by atoms with E-state index < -0.39 is 23.9 Å². The summed E-state index contributed by atoms with van der Waals surface area (Å²) in [5.74, 6) is -5.49. The molecule has 0 bridgehead atoms. The Bertz CT molecular complexity index is 671. The van der Waals surface area contributed by atoms with E-state index in [9.17, 15) is 29.4 Å². The molecule has 0 radical (unpaired) electrons. The van der Waals surface area contributed by atoms with E-state index in [4.69, 9.17) is 10.2 Å². The first kappa shape index (κ1) is 26.5. The molecule has 2 N–H and O–H groups in total. The Morgan fingerprint density at radius 1 is 0.577 bits per heavy atom. The van der Waals surface area contributed by atoms with Gasteiger partial charge < -0.3 is 30.0 Å². The molecule has 0 heterocycles. The minimum atomic E-state index is -1.52. The van der Waals surface area contributed by atoms with Crippen LogP contribution in [0.4, 0.5) is 0 Å². The molecule has 0 aromatic heterocycles. The fraction of sp³-hybridized carbons (Fsp3) is 0. The second-order valence-corrected chi connectivity index (χ2v) is 4.28. The zero-order valence-corrected chi connectivity index (χ0v) is 18.0. The Labute approximate surface area is 192 Å². The van der Waals surface area contributed by atoms with Crippen molar-refractivity contribution in [3.8, 4) is 0 Å². The zero-order chi connectivity index (χ0) is 18.3. The maximum atomic E-state index is 10.5. The smallest absolute Gasteiger partial charge is 0.545 e. The van der Waals surface area contributed by atoms with Gasteiger partial charge in [0.15, 0.2) is 0 Å². The van der Waals surface area contributed by atoms with Crippen LogP contribution in [0.25, 0.3) is 0 Å². The molecule has 0 unspecified atom stereocenters. The summed E-state index contributed by atoms with van der Waals surface area (Å²) < 4.78 is 0. The second-order valence-electron chi connectivity index (χ2n) is 4.28. The first-order valence-electron chi connectivity index (χ1n) is 6.33. The van der Waals surface area contributed by atoms with Gasteiger partial charge in [-0.25, -0.2) is 9.59 Å². The molecule has 2 rings (SSSR count). The molecule has 2 aromatic rings. The number of rotatable bonds is 4. The molecular weight excluding hydrogens is 366 g/mol. The standard InChI is InChI=1S/2C8H6O4.2Na/c2*9-7(10)5-3-1-2-4-6(5)8(11)12;;/h2*1-4H,(H,9,10)(H,11,12);;/q;;2*+1/p-2. The second kappa shape index (κ2) is 12.6. The SMILES string of the molecule is O=C(O)c1ccccc1C(=O)O.O=C([O-])c1ccccc1C(=O)[O-].[Na+].[Na+]. The van der Waals surface area contributed by atoms with Crippen molar-refractivity contribution in [3.63, 3.8) is 0 Å². The number of carbonyl (C=O) groups excluding carboxylic acids is 2. The first-order chi connectivity index (χ1) is 11.3. The Morgan fingerprint density at radius 2 is 0.808 bits per heavy atom. The van der Waals surface area contributed by atoms with E-state index in [1.807, 2.05) is 0 Å². The van der Waals surface area contributed by atoms with Crippen molar-refractivity contribution in [1.82, 2.24) is 0 Å². The Kier molecular flexibility index (Phi) is 12.9. The quantitative estimate of drug-likeness (QED) is 0.499. The average Bonchev–Trinajstić information content (AvgIpc) is 2.55. The van der Waals surface area contributed by atoms with Crippen LogP contribution < -0.4 is 69.3 Å². The van der Waals surface area contributed by atoms with Crippen LogP contribution in [0, 0.1) is 0 Å². The predicted octanol–water partition coefficient (Wildman–Crippen LogP) is -6.50. The normalized spacial score (nSPS) is 8.62. The molecule has 0 amide bonds. The third kappa shape index (κ3) is 7.69. The molecule has 0 saturated carbocycles. The summed E-state index contributed by atoms with van der Waals surface area (Å²) in [6, 6.07) is 10.6. The van der Waals surface area contributed by atoms with E-state index in [1.54, 1.807) is 0 Å². The maximum absolute atomic E-state index is 10.5. The molecule has 0 aliphatic rings. The van der Waals surface area contributed by atoms with Crippen LogP contribution in [-0.2, 0) is 0 Å². The van der Waals surface area contributed by atoms with Crippen LogP contribution in [-0.4, -0.2) is 34.1 Å². The Balaban J connectivity index is 0. The van der Waals surface area contributed by atoms with Crippen molar-refractivity contribution < 1.29 is 98.7 Å². The fourth-order valence-corrected chi connectivity index (χ4v) is 1.70. The predicted molar refractivity (Wildman–Crippen MR) is 75.5 cm³/mol. The van der Waals surface area contributed by atoms with Gasteiger partial charge in [0.1, 0.15) is 0 Å². The molecule has 124 valence electrons. The van der Waals surface area contributed by atoms with Crippen molar-refractivity contribution in [3.05, 3.63) is 70.8 Å². The molecule has 8 nitrogen and oxygen atoms in total. The number of carbonyl (C=O) groups is 4. The molecule has 0 aliphatic heterocycles. The van der Waals surface area contributed by atoms with Crippen LogP contribution >= 0.6 is 0 Å². The van der Waals surface area contributed by atoms with Crippen LogP contribution in [0.3, 0.4) is 0 Å². The summed E-state index contributed by atoms with van der Waals surface area (Å²) in [7, 11) is 0. The third-order valence-electron chi connectivity index (χ3n) is 2.75. The van der Waals surface area contributed by atoms with Crippen molar-refractivity contribution in [1.29, 1.82) is 0 Å². The summed E-state index contributed by atoms with van der Waals surface area (Å²) in [5, 5.41) is 37.8. The Hall–Kier alpha value is -1.68. The van der Waals surface area contributed by atoms with E-state index in [-0.39, 0.29) is 81.4 Å². The summed E-state index contributed by atoms with van der Waals surface area (Å²) in [6.45, 7) is 0. The van der Waals surface area contributed by atoms with Crippen LogP contribution in [0.2, 0.25) is 0 Å². The van der Waals surface area contributed by atoms with Gasteiger partial charge in [-0.15, -0.1) is 0 Å². The molecule has 0 atom stereocenters. The van der Waals surface area contributed by atoms with Gasteiger partial charge in [0, 0.05) is 11.1 Å². The minimum absolute atomic E-state index is 0. The molecule has 2 aromatic carbocycles. The van der Waals surface area contributed by atoms with Crippen LogP contribution in [0.15, 0.2) is 48.5 Å². The van der Waals surface area contributed by atoms with E-state index in [0.717, 1.165) is 12.1 Å². The van der Waals surface area contributed by atoms with E-state index >= 15 is 0 Å².